The Kier molecular flexibility index (Phi) is 17.2. The number of hydrogen-bond acceptors (Lipinski definition) is 6. The van der Waals surface area contributed by atoms with Gasteiger partial charge in [-0.3, -0.25) is 14.6 Å². The van der Waals surface area contributed by atoms with Crippen molar-refractivity contribution in [3.05, 3.63) is 7.43 Å². The molecular weight excluding hydrogens is 886 g/mol. The van der Waals surface area contributed by atoms with Gasteiger partial charge in [0.15, 0.2) is 0 Å². The van der Waals surface area contributed by atoms with Crippen molar-refractivity contribution in [3.8, 4) is 0 Å². The average Bonchev–Trinajstić information content (AvgIpc) is 3.53. The van der Waals surface area contributed by atoms with Crippen molar-refractivity contribution >= 4 is 84.0 Å². The van der Waals surface area contributed by atoms with Crippen LogP contribution >= 0.6 is 59.9 Å². The van der Waals surface area contributed by atoms with Crippen molar-refractivity contribution in [3.63, 3.8) is 0 Å². The van der Waals surface area contributed by atoms with Crippen LogP contribution in [0.4, 0.5) is 9.59 Å². The second-order valence-corrected chi connectivity index (χ2v) is 46.7. The van der Waals surface area contributed by atoms with Crippen LogP contribution in [-0.2, 0) is 24.0 Å². The predicted molar refractivity (Wildman–Crippen MR) is 178 cm³/mol. The number of rotatable bonds is 2. The van der Waals surface area contributed by atoms with Crippen LogP contribution in [0.5, 0.6) is 0 Å². The first-order valence-electron chi connectivity index (χ1n) is 11.6. The number of carboxylic acid groups (broad SMARTS) is 1. The Morgan fingerprint density at radius 1 is 0.795 bits per heavy atom. The van der Waals surface area contributed by atoms with Crippen LogP contribution in [0, 0.1) is 19.3 Å². The van der Waals surface area contributed by atoms with Crippen LogP contribution in [0.25, 0.3) is 0 Å². The molecule has 0 radical (unpaired) electrons. The van der Waals surface area contributed by atoms with E-state index in [0.717, 1.165) is 12.8 Å². The fraction of sp³-hybridized carbons (Fsp3) is 0.800. The van der Waals surface area contributed by atoms with Crippen molar-refractivity contribution in [2.45, 2.75) is 117 Å². The number of nitrogens with zero attached hydrogens (tertiary/aromatic N) is 2. The van der Waals surface area contributed by atoms with Gasteiger partial charge in [-0.2, -0.15) is 0 Å². The van der Waals surface area contributed by atoms with Gasteiger partial charge in [0.05, 0.1) is 0 Å². The number of ether oxygens (including phenoxy) is 2. The predicted octanol–water partition coefficient (Wildman–Crippen LogP) is 6.96. The van der Waals surface area contributed by atoms with Gasteiger partial charge in [0.25, 0.3) is 0 Å². The number of primary amides is 1. The number of hydrogen-bond donors (Lipinski definition) is 2. The van der Waals surface area contributed by atoms with E-state index in [2.05, 4.69) is 59.9 Å². The molecule has 6 atom stereocenters. The summed E-state index contributed by atoms with van der Waals surface area (Å²) < 4.78 is 10.5. The topological polar surface area (TPSA) is 139 Å². The van der Waals surface area contributed by atoms with Crippen molar-refractivity contribution in [1.82, 2.24) is 9.80 Å². The molecule has 0 unspecified atom stereocenters. The van der Waals surface area contributed by atoms with Gasteiger partial charge in [0, 0.05) is 13.5 Å². The summed E-state index contributed by atoms with van der Waals surface area (Å²) in [7, 11) is 0. The van der Waals surface area contributed by atoms with Gasteiger partial charge < -0.3 is 27.7 Å². The number of carbonyl (C=O) groups is 4. The van der Waals surface area contributed by atoms with Gasteiger partial charge in [-0.15, -0.1) is 0 Å². The first-order valence-corrected chi connectivity index (χ1v) is 25.2. The molecule has 2 aliphatic heterocycles. The number of carbonyl (C=O) groups excluding carboxylic acids is 3. The molecule has 2 aliphatic carbocycles. The zero-order chi connectivity index (χ0) is 27.7. The van der Waals surface area contributed by atoms with E-state index in [1.807, 2.05) is 20.8 Å². The van der Waals surface area contributed by atoms with Crippen molar-refractivity contribution in [1.29, 1.82) is 0 Å². The van der Waals surface area contributed by atoms with Gasteiger partial charge >= 0.3 is 83.0 Å². The number of amides is 3. The molecule has 232 valence electrons. The van der Waals surface area contributed by atoms with E-state index < -0.39 is 47.3 Å². The molecule has 4 fully saturated rings. The standard InChI is InChI=1S/C11H18N2O3.C11H17NO4.2CH4.CH3.3HI.V.H2/c1-11(2,3)16-10(15)13-7-4-6(7)5-8(13)9(12)14;1-11(2,3)16-10(15)12-7-4-6(7)5-8(12)9(13)14;;;;;;;;/h6-8H,4-5H2,1-3H3,(H2,12,14);6-8H,4-5H2,1-3H3,(H,13,14);2*1H4;1H3;3*1H;;1H/q;;;;-1;;;;+3;/p-3/t2*6-,7-,8-;;;;;;;;/m00......../s1. The molecule has 2 heterocycles. The maximum atomic E-state index is 11.9. The van der Waals surface area contributed by atoms with Crippen LogP contribution in [0.3, 0.4) is 0 Å². The number of carboxylic acids is 1. The summed E-state index contributed by atoms with van der Waals surface area (Å²) in [6.07, 6.45) is 2.25. The first kappa shape index (κ1) is 41.4. The molecule has 2 saturated carbocycles. The van der Waals surface area contributed by atoms with Crippen LogP contribution < -0.4 is 5.73 Å². The molecular formula is C25H48I3N3O7V-. The summed E-state index contributed by atoms with van der Waals surface area (Å²) in [6.45, 7) is 10.8. The normalized spacial score (nSPS) is 27.3. The van der Waals surface area contributed by atoms with Crippen LogP contribution in [-0.4, -0.2) is 74.3 Å². The van der Waals surface area contributed by atoms with Gasteiger partial charge in [-0.1, -0.05) is 14.9 Å². The van der Waals surface area contributed by atoms with E-state index in [4.69, 9.17) is 20.3 Å². The van der Waals surface area contributed by atoms with Crippen molar-refractivity contribution in [2.24, 2.45) is 17.6 Å². The third-order valence-corrected chi connectivity index (χ3v) is 6.03. The third kappa shape index (κ3) is 13.0. The Balaban J connectivity index is -0.000000555. The van der Waals surface area contributed by atoms with E-state index >= 15 is 0 Å². The first-order chi connectivity index (χ1) is 16.3. The molecule has 0 spiro atoms. The number of fused-ring (bicyclic) bond motifs is 2. The van der Waals surface area contributed by atoms with Gasteiger partial charge in [0.1, 0.15) is 23.3 Å². The average molecular weight is 934 g/mol. The summed E-state index contributed by atoms with van der Waals surface area (Å²) in [4.78, 5) is 48.6. The quantitative estimate of drug-likeness (QED) is 0.226. The summed E-state index contributed by atoms with van der Waals surface area (Å²) in [6, 6.07) is -0.902. The molecule has 3 amide bonds. The second kappa shape index (κ2) is 16.2. The van der Waals surface area contributed by atoms with E-state index in [0.29, 0.717) is 24.7 Å². The van der Waals surface area contributed by atoms with Gasteiger partial charge in [0.2, 0.25) is 5.91 Å². The van der Waals surface area contributed by atoms with Crippen molar-refractivity contribution in [2.75, 3.05) is 0 Å². The summed E-state index contributed by atoms with van der Waals surface area (Å²) in [5.41, 5.74) is 4.17. The summed E-state index contributed by atoms with van der Waals surface area (Å²) >= 11 is 7.39. The monoisotopic (exact) mass is 934 g/mol. The number of piperidine rings is 2. The Labute approximate surface area is 273 Å². The summed E-state index contributed by atoms with van der Waals surface area (Å²) in [5, 5.41) is 9.02. The SMILES string of the molecule is C.C.CC(C)(C)OC(=O)N1[C@H](C(=O)O)C[C@@H]2C[C@@H]21.CC(C)(C)OC(=O)N1[C@H](C(N)=O)C[C@@H]2C[C@@H]21.[CH3-].[HH].[I][V]([I])[I]. The molecule has 2 saturated heterocycles. The van der Waals surface area contributed by atoms with Crippen LogP contribution in [0.2, 0.25) is 0 Å². The molecule has 3 N–H and O–H groups in total. The minimum atomic E-state index is -0.932. The molecule has 0 aromatic carbocycles. The number of halogens is 3. The van der Waals surface area contributed by atoms with E-state index in [1.165, 1.54) is 9.80 Å². The van der Waals surface area contributed by atoms with E-state index in [-0.39, 0.29) is 40.7 Å². The second-order valence-electron chi connectivity index (χ2n) is 11.3. The minimum absolute atomic E-state index is 0. The zero-order valence-electron chi connectivity index (χ0n) is 22.2. The molecule has 14 heteroatoms. The molecule has 4 aliphatic rings. The van der Waals surface area contributed by atoms with E-state index in [9.17, 15) is 19.2 Å². The van der Waals surface area contributed by atoms with Gasteiger partial charge in [-0.25, -0.2) is 14.4 Å². The van der Waals surface area contributed by atoms with Crippen molar-refractivity contribution < 1.29 is 40.1 Å². The van der Waals surface area contributed by atoms with Gasteiger partial charge in [-0.05, 0) is 79.1 Å². The fourth-order valence-electron chi connectivity index (χ4n) is 4.54. The Morgan fingerprint density at radius 3 is 1.38 bits per heavy atom. The Bertz CT molecular complexity index is 805. The molecule has 39 heavy (non-hydrogen) atoms. The number of aliphatic carboxylic acids is 1. The third-order valence-electron chi connectivity index (χ3n) is 6.03. The zero-order valence-corrected chi connectivity index (χ0v) is 30.1. The van der Waals surface area contributed by atoms with Crippen LogP contribution in [0.15, 0.2) is 0 Å². The molecule has 10 nitrogen and oxygen atoms in total. The number of likely N-dealkylation sites (tertiary alicyclic amines) is 2. The molecule has 0 aromatic heterocycles. The number of nitrogens with two attached hydrogens (primary N) is 1. The Hall–Kier alpha value is 0.254. The molecule has 0 bridgehead atoms. The molecule has 4 rings (SSSR count). The Morgan fingerprint density at radius 2 is 1.10 bits per heavy atom. The molecule has 0 aromatic rings. The summed E-state index contributed by atoms with van der Waals surface area (Å²) in [5.74, 6) is -0.547. The fourth-order valence-corrected chi connectivity index (χ4v) is 4.54. The maximum absolute atomic E-state index is 11.9. The van der Waals surface area contributed by atoms with E-state index in [1.54, 1.807) is 20.8 Å². The van der Waals surface area contributed by atoms with Crippen LogP contribution in [0.1, 0.15) is 83.5 Å².